The van der Waals surface area contributed by atoms with E-state index in [9.17, 15) is 4.79 Å². The summed E-state index contributed by atoms with van der Waals surface area (Å²) >= 11 is 2.32. The van der Waals surface area contributed by atoms with Crippen LogP contribution >= 0.6 is 22.6 Å². The summed E-state index contributed by atoms with van der Waals surface area (Å²) in [6.45, 7) is 0. The third-order valence-electron chi connectivity index (χ3n) is 1.25. The van der Waals surface area contributed by atoms with Crippen LogP contribution in [0.25, 0.3) is 0 Å². The summed E-state index contributed by atoms with van der Waals surface area (Å²) < 4.78 is 1.16. The summed E-state index contributed by atoms with van der Waals surface area (Å²) in [5.41, 5.74) is 0. The lowest BCUT2D eigenvalue weighted by Gasteiger charge is -2.20. The maximum Gasteiger partial charge on any atom is 0.133 e. The van der Waals surface area contributed by atoms with Crippen LogP contribution in [0.1, 0.15) is 12.8 Å². The first-order valence-corrected chi connectivity index (χ1v) is 3.93. The van der Waals surface area contributed by atoms with Crippen molar-refractivity contribution in [1.82, 2.24) is 0 Å². The smallest absolute Gasteiger partial charge is 0.133 e. The van der Waals surface area contributed by atoms with Gasteiger partial charge in [0.25, 0.3) is 0 Å². The van der Waals surface area contributed by atoms with Gasteiger partial charge in [0.05, 0.1) is 0 Å². The summed E-state index contributed by atoms with van der Waals surface area (Å²) in [7, 11) is 0. The molecule has 0 radical (unpaired) electrons. The third-order valence-corrected chi connectivity index (χ3v) is 2.50. The lowest BCUT2D eigenvalue weighted by Crippen LogP contribution is -2.23. The molecule has 0 heterocycles. The van der Waals surface area contributed by atoms with Gasteiger partial charge in [0.2, 0.25) is 0 Å². The van der Waals surface area contributed by atoms with E-state index in [4.69, 9.17) is 0 Å². The van der Waals surface area contributed by atoms with Gasteiger partial charge in [-0.15, -0.1) is 0 Å². The molecule has 2 heteroatoms. The quantitative estimate of drug-likeness (QED) is 0.472. The normalized spacial score (nSPS) is 22.1. The lowest BCUT2D eigenvalue weighted by atomic mass is 9.86. The lowest BCUT2D eigenvalue weighted by molar-refractivity contribution is -0.126. The molecule has 1 rings (SSSR count). The van der Waals surface area contributed by atoms with Gasteiger partial charge in [0, 0.05) is 17.3 Å². The van der Waals surface area contributed by atoms with Crippen LogP contribution in [0, 0.1) is 5.92 Å². The zero-order valence-corrected chi connectivity index (χ0v) is 6.14. The minimum atomic E-state index is 0.446. The van der Waals surface area contributed by atoms with Gasteiger partial charge in [-0.1, -0.05) is 22.6 Å². The van der Waals surface area contributed by atoms with E-state index in [1.54, 1.807) is 0 Å². The van der Waals surface area contributed by atoms with Crippen molar-refractivity contribution in [1.29, 1.82) is 0 Å². The Labute approximate surface area is 56.6 Å². The Morgan fingerprint density at radius 3 is 2.43 bits per heavy atom. The Balaban J connectivity index is 2.17. The molecule has 40 valence electrons. The summed E-state index contributed by atoms with van der Waals surface area (Å²) in [5, 5.41) is 0. The van der Waals surface area contributed by atoms with Gasteiger partial charge >= 0.3 is 0 Å². The first-order chi connectivity index (χ1) is 3.33. The average molecular weight is 210 g/mol. The van der Waals surface area contributed by atoms with Crippen molar-refractivity contribution in [3.8, 4) is 0 Å². The van der Waals surface area contributed by atoms with Crippen molar-refractivity contribution < 1.29 is 4.79 Å². The minimum absolute atomic E-state index is 0.446. The maximum absolute atomic E-state index is 10.3. The zero-order valence-electron chi connectivity index (χ0n) is 3.98. The van der Waals surface area contributed by atoms with Crippen molar-refractivity contribution in [2.75, 3.05) is 4.43 Å². The molecule has 0 atom stereocenters. The van der Waals surface area contributed by atoms with E-state index in [2.05, 4.69) is 22.6 Å². The predicted octanol–water partition coefficient (Wildman–Crippen LogP) is 1.40. The van der Waals surface area contributed by atoms with E-state index < -0.39 is 0 Å². The van der Waals surface area contributed by atoms with Crippen LogP contribution in [0.15, 0.2) is 0 Å². The SMILES string of the molecule is O=C1CC(CI)C1. The highest BCUT2D eigenvalue weighted by atomic mass is 127. The van der Waals surface area contributed by atoms with E-state index >= 15 is 0 Å². The molecule has 1 fully saturated rings. The largest absolute Gasteiger partial charge is 0.300 e. The number of carbonyl (C=O) groups is 1. The Morgan fingerprint density at radius 2 is 2.29 bits per heavy atom. The Kier molecular flexibility index (Phi) is 1.67. The molecule has 0 aromatic rings. The molecule has 1 nitrogen and oxygen atoms in total. The van der Waals surface area contributed by atoms with Gasteiger partial charge in [-0.05, 0) is 5.92 Å². The molecule has 7 heavy (non-hydrogen) atoms. The van der Waals surface area contributed by atoms with E-state index in [0.717, 1.165) is 23.2 Å². The van der Waals surface area contributed by atoms with Gasteiger partial charge in [0.15, 0.2) is 0 Å². The summed E-state index contributed by atoms with van der Waals surface area (Å²) in [6.07, 6.45) is 1.70. The molecular formula is C5H7IO. The topological polar surface area (TPSA) is 17.1 Å². The van der Waals surface area contributed by atoms with Gasteiger partial charge in [-0.2, -0.15) is 0 Å². The van der Waals surface area contributed by atoms with Gasteiger partial charge < -0.3 is 0 Å². The molecule has 1 aliphatic rings. The fourth-order valence-corrected chi connectivity index (χ4v) is 1.32. The second-order valence-electron chi connectivity index (χ2n) is 1.97. The van der Waals surface area contributed by atoms with Crippen LogP contribution < -0.4 is 0 Å². The Bertz CT molecular complexity index is 82.1. The standard InChI is InChI=1S/C5H7IO/c6-3-4-1-5(7)2-4/h4H,1-3H2. The van der Waals surface area contributed by atoms with Crippen LogP contribution in [-0.2, 0) is 4.79 Å². The molecule has 0 N–H and O–H groups in total. The Hall–Kier alpha value is 0.400. The van der Waals surface area contributed by atoms with E-state index in [1.807, 2.05) is 0 Å². The Morgan fingerprint density at radius 1 is 1.71 bits per heavy atom. The number of alkyl halides is 1. The molecule has 1 saturated carbocycles. The van der Waals surface area contributed by atoms with Crippen molar-refractivity contribution in [2.45, 2.75) is 12.8 Å². The summed E-state index contributed by atoms with van der Waals surface area (Å²) in [6, 6.07) is 0. The number of rotatable bonds is 1. The maximum atomic E-state index is 10.3. The summed E-state index contributed by atoms with van der Waals surface area (Å²) in [5.74, 6) is 1.18. The van der Waals surface area contributed by atoms with Crippen molar-refractivity contribution in [3.63, 3.8) is 0 Å². The molecule has 0 bridgehead atoms. The molecule has 0 amide bonds. The molecule has 0 aromatic heterocycles. The van der Waals surface area contributed by atoms with Gasteiger partial charge in [0.1, 0.15) is 5.78 Å². The number of hydrogen-bond acceptors (Lipinski definition) is 1. The first-order valence-electron chi connectivity index (χ1n) is 2.40. The van der Waals surface area contributed by atoms with Crippen LogP contribution in [0.2, 0.25) is 0 Å². The summed E-state index contributed by atoms with van der Waals surface area (Å²) in [4.78, 5) is 10.3. The minimum Gasteiger partial charge on any atom is -0.300 e. The average Bonchev–Trinajstić information content (AvgIpc) is 1.58. The van der Waals surface area contributed by atoms with Crippen LogP contribution in [0.5, 0.6) is 0 Å². The predicted molar refractivity (Wildman–Crippen MR) is 36.6 cm³/mol. The van der Waals surface area contributed by atoms with Crippen molar-refractivity contribution in [2.24, 2.45) is 5.92 Å². The number of Topliss-reactive ketones (excluding diaryl/α,β-unsaturated/α-hetero) is 1. The molecule has 0 unspecified atom stereocenters. The van der Waals surface area contributed by atoms with Crippen LogP contribution in [0.3, 0.4) is 0 Å². The zero-order chi connectivity index (χ0) is 5.28. The number of carbonyl (C=O) groups excluding carboxylic acids is 1. The van der Waals surface area contributed by atoms with Crippen molar-refractivity contribution >= 4 is 28.4 Å². The van der Waals surface area contributed by atoms with E-state index in [1.165, 1.54) is 0 Å². The second-order valence-corrected chi connectivity index (χ2v) is 2.85. The highest BCUT2D eigenvalue weighted by Crippen LogP contribution is 2.23. The third kappa shape index (κ3) is 1.15. The van der Waals surface area contributed by atoms with Gasteiger partial charge in [-0.3, -0.25) is 4.79 Å². The molecule has 0 saturated heterocycles. The van der Waals surface area contributed by atoms with E-state index in [0.29, 0.717) is 5.78 Å². The van der Waals surface area contributed by atoms with E-state index in [-0.39, 0.29) is 0 Å². The second kappa shape index (κ2) is 2.11. The number of hydrogen-bond donors (Lipinski definition) is 0. The molecule has 0 aromatic carbocycles. The highest BCUT2D eigenvalue weighted by molar-refractivity contribution is 14.1. The number of halogens is 1. The van der Waals surface area contributed by atoms with Crippen molar-refractivity contribution in [3.05, 3.63) is 0 Å². The molecule has 0 aliphatic heterocycles. The molecule has 0 spiro atoms. The highest BCUT2D eigenvalue weighted by Gasteiger charge is 2.24. The fraction of sp³-hybridized carbons (Fsp3) is 0.800. The fourth-order valence-electron chi connectivity index (χ4n) is 0.693. The van der Waals surface area contributed by atoms with Crippen LogP contribution in [0.4, 0.5) is 0 Å². The molecular weight excluding hydrogens is 203 g/mol. The van der Waals surface area contributed by atoms with Gasteiger partial charge in [-0.25, -0.2) is 0 Å². The molecule has 1 aliphatic carbocycles. The monoisotopic (exact) mass is 210 g/mol. The van der Waals surface area contributed by atoms with Crippen LogP contribution in [-0.4, -0.2) is 10.2 Å². The number of ketones is 1. The first kappa shape index (κ1) is 5.54.